The predicted molar refractivity (Wildman–Crippen MR) is 154 cm³/mol. The van der Waals surface area contributed by atoms with Gasteiger partial charge < -0.3 is 35.3 Å². The van der Waals surface area contributed by atoms with E-state index in [1.54, 1.807) is 0 Å². The third-order valence-corrected chi connectivity index (χ3v) is 7.40. The first-order valence-corrected chi connectivity index (χ1v) is 14.6. The topological polar surface area (TPSA) is 312 Å². The number of benzene rings is 1. The van der Waals surface area contributed by atoms with Crippen LogP contribution in [0.1, 0.15) is 76.4 Å². The number of carbonyl (C=O) groups is 4. The van der Waals surface area contributed by atoms with Gasteiger partial charge in [-0.25, -0.2) is 14.4 Å². The van der Waals surface area contributed by atoms with Crippen LogP contribution < -0.4 is 5.73 Å². The molecule has 47 heavy (non-hydrogen) atoms. The monoisotopic (exact) mass is 672 g/mol. The van der Waals surface area contributed by atoms with E-state index >= 15 is 0 Å². The highest BCUT2D eigenvalue weighted by molar-refractivity contribution is 6.12. The van der Waals surface area contributed by atoms with Gasteiger partial charge in [0.2, 0.25) is 18.0 Å². The van der Waals surface area contributed by atoms with Crippen molar-refractivity contribution in [1.82, 2.24) is 0 Å². The zero-order chi connectivity index (χ0) is 35.5. The molecule has 0 amide bonds. The number of carbonyl (C=O) groups excluding carboxylic acids is 4. The standard InChI is InChI=1S/C27H36N4O16/c1-2-3-4-5-6-7-8-9-10-16(28)23(35)27(26(38)46-18(13-32)24(36)45-19(14-33)25(37)47-27)22(34)15-11-12-17(29(39)40)21(31(43)44)20(15)30(41)42/h11-12,16,18-19,22,32-34H,2-10,13-14,28H2,1H3. The third kappa shape index (κ3) is 8.78. The highest BCUT2D eigenvalue weighted by Gasteiger charge is 2.63. The molecule has 2 rings (SSSR count). The van der Waals surface area contributed by atoms with Crippen molar-refractivity contribution in [1.29, 1.82) is 0 Å². The quantitative estimate of drug-likeness (QED) is 0.0421. The first-order valence-electron chi connectivity index (χ1n) is 14.6. The molecule has 0 saturated carbocycles. The summed E-state index contributed by atoms with van der Waals surface area (Å²) in [6, 6.07) is -1.01. The zero-order valence-corrected chi connectivity index (χ0v) is 25.3. The first kappa shape index (κ1) is 38.5. The molecule has 20 heteroatoms. The van der Waals surface area contributed by atoms with Crippen molar-refractivity contribution in [3.8, 4) is 0 Å². The number of nitro groups is 3. The summed E-state index contributed by atoms with van der Waals surface area (Å²) in [6.45, 7) is -0.595. The number of hydrogen-bond donors (Lipinski definition) is 4. The van der Waals surface area contributed by atoms with Gasteiger partial charge in [-0.15, -0.1) is 0 Å². The molecule has 1 heterocycles. The van der Waals surface area contributed by atoms with Crippen LogP contribution >= 0.6 is 0 Å². The van der Waals surface area contributed by atoms with Gasteiger partial charge in [0.1, 0.15) is 6.10 Å². The number of rotatable bonds is 18. The van der Waals surface area contributed by atoms with Crippen molar-refractivity contribution in [3.05, 3.63) is 48.0 Å². The van der Waals surface area contributed by atoms with Gasteiger partial charge in [0.15, 0.2) is 0 Å². The highest BCUT2D eigenvalue weighted by Crippen LogP contribution is 2.45. The summed E-state index contributed by atoms with van der Waals surface area (Å²) in [7, 11) is 0. The fourth-order valence-electron chi connectivity index (χ4n) is 4.92. The maximum absolute atomic E-state index is 14.0. The maximum Gasteiger partial charge on any atom is 0.422 e. The summed E-state index contributed by atoms with van der Waals surface area (Å²) in [5.74, 6) is -7.21. The number of ketones is 1. The summed E-state index contributed by atoms with van der Waals surface area (Å²) in [5.41, 5.74) is -3.91. The van der Waals surface area contributed by atoms with Crippen LogP contribution in [0.3, 0.4) is 0 Å². The number of nitrogens with two attached hydrogens (primary N) is 1. The lowest BCUT2D eigenvalue weighted by Gasteiger charge is -2.35. The van der Waals surface area contributed by atoms with E-state index in [9.17, 15) is 64.8 Å². The number of Topliss-reactive ketones (excluding diaryl/α,β-unsaturated/α-hetero) is 1. The van der Waals surface area contributed by atoms with E-state index in [-0.39, 0.29) is 12.8 Å². The fourth-order valence-corrected chi connectivity index (χ4v) is 4.92. The molecule has 1 fully saturated rings. The number of aliphatic hydroxyl groups is 3. The van der Waals surface area contributed by atoms with Crippen LogP contribution in [0.25, 0.3) is 0 Å². The molecule has 1 aliphatic heterocycles. The van der Waals surface area contributed by atoms with Crippen molar-refractivity contribution in [2.75, 3.05) is 13.2 Å². The number of ether oxygens (including phenoxy) is 3. The molecule has 0 radical (unpaired) electrons. The van der Waals surface area contributed by atoms with Crippen LogP contribution in [0.5, 0.6) is 0 Å². The Morgan fingerprint density at radius 3 is 1.89 bits per heavy atom. The maximum atomic E-state index is 14.0. The number of aliphatic hydroxyl groups excluding tert-OH is 3. The van der Waals surface area contributed by atoms with E-state index in [1.165, 1.54) is 0 Å². The Morgan fingerprint density at radius 2 is 1.38 bits per heavy atom. The average Bonchev–Trinajstić information content (AvgIpc) is 3.07. The van der Waals surface area contributed by atoms with E-state index in [0.717, 1.165) is 38.5 Å². The molecular weight excluding hydrogens is 636 g/mol. The normalized spacial score (nSPS) is 21.3. The molecule has 0 aliphatic carbocycles. The second-order valence-corrected chi connectivity index (χ2v) is 10.6. The molecule has 1 aliphatic rings. The Balaban J connectivity index is 2.74. The molecule has 5 atom stereocenters. The van der Waals surface area contributed by atoms with Gasteiger partial charge in [-0.05, 0) is 12.5 Å². The summed E-state index contributed by atoms with van der Waals surface area (Å²) >= 11 is 0. The fraction of sp³-hybridized carbons (Fsp3) is 0.630. The van der Waals surface area contributed by atoms with E-state index in [0.29, 0.717) is 18.6 Å². The van der Waals surface area contributed by atoms with E-state index in [2.05, 4.69) is 11.7 Å². The molecular formula is C27H36N4O16. The first-order chi connectivity index (χ1) is 22.2. The van der Waals surface area contributed by atoms with Crippen molar-refractivity contribution in [3.63, 3.8) is 0 Å². The van der Waals surface area contributed by atoms with Crippen LogP contribution in [0.15, 0.2) is 12.1 Å². The number of unbranched alkanes of at least 4 members (excludes halogenated alkanes) is 7. The Hall–Kier alpha value is -4.66. The van der Waals surface area contributed by atoms with E-state index in [4.69, 9.17) is 15.2 Å². The smallest absolute Gasteiger partial charge is 0.422 e. The van der Waals surface area contributed by atoms with Crippen LogP contribution in [0.4, 0.5) is 17.1 Å². The second-order valence-electron chi connectivity index (χ2n) is 10.6. The highest BCUT2D eigenvalue weighted by atomic mass is 16.7. The molecule has 1 aromatic carbocycles. The molecule has 20 nitrogen and oxygen atoms in total. The molecule has 0 spiro atoms. The predicted octanol–water partition coefficient (Wildman–Crippen LogP) is 0.976. The van der Waals surface area contributed by atoms with Crippen LogP contribution in [0, 0.1) is 30.3 Å². The van der Waals surface area contributed by atoms with Gasteiger partial charge in [-0.1, -0.05) is 58.3 Å². The Labute approximate surface area is 266 Å². The van der Waals surface area contributed by atoms with Crippen LogP contribution in [-0.2, 0) is 33.4 Å². The zero-order valence-electron chi connectivity index (χ0n) is 25.3. The van der Waals surface area contributed by atoms with E-state index < -0.39 is 104 Å². The molecule has 1 saturated heterocycles. The number of esters is 3. The van der Waals surface area contributed by atoms with Gasteiger partial charge in [-0.3, -0.25) is 35.1 Å². The van der Waals surface area contributed by atoms with Crippen LogP contribution in [0.2, 0.25) is 0 Å². The molecule has 1 aromatic rings. The molecule has 260 valence electrons. The second kappa shape index (κ2) is 17.3. The van der Waals surface area contributed by atoms with Crippen molar-refractivity contribution < 1.29 is 63.5 Å². The molecule has 0 bridgehead atoms. The molecule has 0 aromatic heterocycles. The molecule has 5 N–H and O–H groups in total. The molecule has 5 unspecified atom stereocenters. The number of nitrogens with zero attached hydrogens (tertiary/aromatic N) is 3. The average molecular weight is 673 g/mol. The summed E-state index contributed by atoms with van der Waals surface area (Å²) in [6.07, 6.45) is -1.35. The van der Waals surface area contributed by atoms with Gasteiger partial charge >= 0.3 is 35.0 Å². The minimum Gasteiger partial charge on any atom is -0.445 e. The van der Waals surface area contributed by atoms with Gasteiger partial charge in [0.25, 0.3) is 5.60 Å². The lowest BCUT2D eigenvalue weighted by atomic mass is 9.81. The Kier molecular flexibility index (Phi) is 14.2. The minimum absolute atomic E-state index is 0.210. The van der Waals surface area contributed by atoms with Crippen LogP contribution in [-0.4, -0.2) is 90.8 Å². The largest absolute Gasteiger partial charge is 0.445 e. The summed E-state index contributed by atoms with van der Waals surface area (Å²) in [5, 5.41) is 66.2. The van der Waals surface area contributed by atoms with Gasteiger partial charge in [0.05, 0.1) is 39.6 Å². The van der Waals surface area contributed by atoms with Crippen molar-refractivity contribution >= 4 is 40.8 Å². The number of cyclic esters (lactones) is 3. The number of nitro benzene ring substituents is 3. The van der Waals surface area contributed by atoms with Gasteiger partial charge in [-0.2, -0.15) is 0 Å². The van der Waals surface area contributed by atoms with Gasteiger partial charge in [0, 0.05) is 6.07 Å². The Morgan fingerprint density at radius 1 is 0.851 bits per heavy atom. The van der Waals surface area contributed by atoms with E-state index in [1.807, 2.05) is 0 Å². The number of hydrogen-bond acceptors (Lipinski definition) is 17. The minimum atomic E-state index is -3.78. The summed E-state index contributed by atoms with van der Waals surface area (Å²) < 4.78 is 14.6. The lowest BCUT2D eigenvalue weighted by molar-refractivity contribution is -0.441. The van der Waals surface area contributed by atoms with Crippen molar-refractivity contribution in [2.24, 2.45) is 5.73 Å². The third-order valence-electron chi connectivity index (χ3n) is 7.40. The van der Waals surface area contributed by atoms with Crippen molar-refractivity contribution in [2.45, 2.75) is 94.7 Å². The lowest BCUT2D eigenvalue weighted by Crippen LogP contribution is -2.61. The Bertz CT molecular complexity index is 1370. The SMILES string of the molecule is CCCCCCCCCCC(N)C(=O)C1(C(O)c2ccc([N+](=O)[O-])c([N+](=O)[O-])c2[N+](=O)[O-])OC(=O)C(CO)OC(=O)C(CO)OC1=O. The summed E-state index contributed by atoms with van der Waals surface area (Å²) in [4.78, 5) is 84.2.